The van der Waals surface area contributed by atoms with E-state index in [1.807, 2.05) is 0 Å². The van der Waals surface area contributed by atoms with Crippen molar-refractivity contribution in [1.29, 1.82) is 0 Å². The average molecular weight is 364 g/mol. The van der Waals surface area contributed by atoms with E-state index in [0.717, 1.165) is 11.3 Å². The fourth-order valence-corrected chi connectivity index (χ4v) is 2.76. The van der Waals surface area contributed by atoms with E-state index >= 15 is 0 Å². The molecule has 2 rings (SSSR count). The summed E-state index contributed by atoms with van der Waals surface area (Å²) in [5.41, 5.74) is 3.61. The highest BCUT2D eigenvalue weighted by atomic mass is 32.1. The van der Waals surface area contributed by atoms with Crippen molar-refractivity contribution < 1.29 is 19.2 Å². The largest absolute Gasteiger partial charge is 0.487 e. The van der Waals surface area contributed by atoms with E-state index in [2.05, 4.69) is 20.2 Å². The second-order valence-electron chi connectivity index (χ2n) is 4.71. The van der Waals surface area contributed by atoms with Gasteiger partial charge < -0.3 is 9.47 Å². The number of esters is 1. The van der Waals surface area contributed by atoms with Crippen LogP contribution in [-0.2, 0) is 4.74 Å². The molecular weight excluding hydrogens is 348 g/mol. The van der Waals surface area contributed by atoms with E-state index in [9.17, 15) is 14.9 Å². The first kappa shape index (κ1) is 18.3. The highest BCUT2D eigenvalue weighted by Gasteiger charge is 2.16. The number of hydrogen-bond donors (Lipinski definition) is 1. The van der Waals surface area contributed by atoms with Gasteiger partial charge in [-0.2, -0.15) is 5.10 Å². The Morgan fingerprint density at radius 1 is 1.52 bits per heavy atom. The minimum atomic E-state index is -0.511. The lowest BCUT2D eigenvalue weighted by molar-refractivity contribution is -0.385. The van der Waals surface area contributed by atoms with Gasteiger partial charge in [0.1, 0.15) is 4.88 Å². The van der Waals surface area contributed by atoms with Gasteiger partial charge in [0.2, 0.25) is 5.13 Å². The molecule has 2 aromatic rings. The smallest absolute Gasteiger partial charge is 0.350 e. The van der Waals surface area contributed by atoms with E-state index in [-0.39, 0.29) is 11.4 Å². The van der Waals surface area contributed by atoms with Crippen molar-refractivity contribution >= 4 is 34.3 Å². The highest BCUT2D eigenvalue weighted by Crippen LogP contribution is 2.27. The normalized spacial score (nSPS) is 10.7. The molecule has 0 atom stereocenters. The van der Waals surface area contributed by atoms with Gasteiger partial charge in [0.05, 0.1) is 30.5 Å². The number of anilines is 1. The van der Waals surface area contributed by atoms with Crippen LogP contribution in [0.15, 0.2) is 23.3 Å². The molecule has 1 aromatic heterocycles. The van der Waals surface area contributed by atoms with Crippen LogP contribution in [0.3, 0.4) is 0 Å². The Morgan fingerprint density at radius 3 is 2.92 bits per heavy atom. The Bertz CT molecular complexity index is 818. The lowest BCUT2D eigenvalue weighted by Gasteiger charge is -2.04. The molecular formula is C15H16N4O5S. The summed E-state index contributed by atoms with van der Waals surface area (Å²) in [6.07, 6.45) is 1.41. The molecule has 1 aromatic carbocycles. The maximum absolute atomic E-state index is 11.5. The third-order valence-electron chi connectivity index (χ3n) is 3.02. The topological polar surface area (TPSA) is 116 Å². The summed E-state index contributed by atoms with van der Waals surface area (Å²) >= 11 is 1.11. The first-order valence-electron chi connectivity index (χ1n) is 7.22. The van der Waals surface area contributed by atoms with Crippen molar-refractivity contribution in [2.24, 2.45) is 5.10 Å². The molecule has 0 aliphatic carbocycles. The number of nitrogens with zero attached hydrogens (tertiary/aromatic N) is 3. The fourth-order valence-electron chi connectivity index (χ4n) is 1.92. The van der Waals surface area contributed by atoms with E-state index in [1.165, 1.54) is 25.5 Å². The SMILES string of the molecule is CCOc1ccc(/C=N\Nc2nc(C)c(C(=O)OC)s2)cc1[N+](=O)[O-]. The van der Waals surface area contributed by atoms with E-state index in [0.29, 0.717) is 27.9 Å². The molecule has 25 heavy (non-hydrogen) atoms. The number of aryl methyl sites for hydroxylation is 1. The van der Waals surface area contributed by atoms with Crippen molar-refractivity contribution in [3.05, 3.63) is 44.4 Å². The Balaban J connectivity index is 2.13. The number of nitrogens with one attached hydrogen (secondary N) is 1. The fraction of sp³-hybridized carbons (Fsp3) is 0.267. The summed E-state index contributed by atoms with van der Waals surface area (Å²) in [4.78, 5) is 26.7. The molecule has 1 N–H and O–H groups in total. The summed E-state index contributed by atoms with van der Waals surface area (Å²) in [7, 11) is 1.30. The summed E-state index contributed by atoms with van der Waals surface area (Å²) < 4.78 is 9.88. The Hall–Kier alpha value is -3.01. The molecule has 9 nitrogen and oxygen atoms in total. The molecule has 0 unspecified atom stereocenters. The van der Waals surface area contributed by atoms with Gasteiger partial charge in [0, 0.05) is 11.6 Å². The van der Waals surface area contributed by atoms with E-state index in [4.69, 9.17) is 4.74 Å². The molecule has 0 spiro atoms. The number of carbonyl (C=O) groups excluding carboxylic acids is 1. The molecule has 0 saturated carbocycles. The van der Waals surface area contributed by atoms with Crippen LogP contribution in [0.1, 0.15) is 27.9 Å². The van der Waals surface area contributed by atoms with Crippen molar-refractivity contribution in [2.45, 2.75) is 13.8 Å². The second kappa shape index (κ2) is 8.20. The van der Waals surface area contributed by atoms with Crippen molar-refractivity contribution in [1.82, 2.24) is 4.98 Å². The number of aromatic nitrogens is 1. The molecule has 0 aliphatic heterocycles. The summed E-state index contributed by atoms with van der Waals surface area (Å²) in [5, 5.41) is 15.5. The zero-order chi connectivity index (χ0) is 18.4. The van der Waals surface area contributed by atoms with Crippen LogP contribution < -0.4 is 10.2 Å². The minimum absolute atomic E-state index is 0.135. The number of nitro benzene ring substituents is 1. The summed E-state index contributed by atoms with van der Waals surface area (Å²) in [6.45, 7) is 3.77. The van der Waals surface area contributed by atoms with Gasteiger partial charge in [0.25, 0.3) is 0 Å². The third kappa shape index (κ3) is 4.51. The van der Waals surface area contributed by atoms with Crippen LogP contribution >= 0.6 is 11.3 Å². The van der Waals surface area contributed by atoms with Gasteiger partial charge in [0.15, 0.2) is 5.75 Å². The first-order chi connectivity index (χ1) is 12.0. The maximum atomic E-state index is 11.5. The van der Waals surface area contributed by atoms with Gasteiger partial charge in [-0.05, 0) is 26.0 Å². The maximum Gasteiger partial charge on any atom is 0.350 e. The molecule has 10 heteroatoms. The summed E-state index contributed by atoms with van der Waals surface area (Å²) in [5.74, 6) is -0.259. The standard InChI is InChI=1S/C15H16N4O5S/c1-4-24-12-6-5-10(7-11(12)19(21)22)8-16-18-15-17-9(2)13(25-15)14(20)23-3/h5-8H,4H2,1-3H3,(H,17,18)/b16-8-. The highest BCUT2D eigenvalue weighted by molar-refractivity contribution is 7.17. The molecule has 132 valence electrons. The molecule has 0 amide bonds. The minimum Gasteiger partial charge on any atom is -0.487 e. The Morgan fingerprint density at radius 2 is 2.28 bits per heavy atom. The number of carbonyl (C=O) groups is 1. The predicted molar refractivity (Wildman–Crippen MR) is 93.7 cm³/mol. The number of hydrazone groups is 1. The number of thiazole rings is 1. The van der Waals surface area contributed by atoms with Crippen molar-refractivity contribution in [2.75, 3.05) is 19.1 Å². The zero-order valence-electron chi connectivity index (χ0n) is 13.8. The lowest BCUT2D eigenvalue weighted by Crippen LogP contribution is -1.99. The number of ether oxygens (including phenoxy) is 2. The number of methoxy groups -OCH3 is 1. The van der Waals surface area contributed by atoms with Crippen LogP contribution in [-0.4, -0.2) is 35.8 Å². The van der Waals surface area contributed by atoms with Gasteiger partial charge in [-0.15, -0.1) is 0 Å². The third-order valence-corrected chi connectivity index (χ3v) is 4.06. The summed E-state index contributed by atoms with van der Waals surface area (Å²) in [6, 6.07) is 4.53. The van der Waals surface area contributed by atoms with Crippen LogP contribution in [0.2, 0.25) is 0 Å². The van der Waals surface area contributed by atoms with Gasteiger partial charge >= 0.3 is 11.7 Å². The molecule has 0 saturated heterocycles. The van der Waals surface area contributed by atoms with Crippen molar-refractivity contribution in [3.8, 4) is 5.75 Å². The number of benzene rings is 1. The van der Waals surface area contributed by atoms with Crippen LogP contribution in [0, 0.1) is 17.0 Å². The predicted octanol–water partition coefficient (Wildman–Crippen LogP) is 2.99. The Kier molecular flexibility index (Phi) is 6.01. The van der Waals surface area contributed by atoms with Gasteiger partial charge in [-0.25, -0.2) is 9.78 Å². The monoisotopic (exact) mass is 364 g/mol. The van der Waals surface area contributed by atoms with E-state index < -0.39 is 10.9 Å². The number of rotatable bonds is 7. The average Bonchev–Trinajstić information content (AvgIpc) is 2.96. The van der Waals surface area contributed by atoms with Crippen LogP contribution in [0.25, 0.3) is 0 Å². The zero-order valence-corrected chi connectivity index (χ0v) is 14.6. The molecule has 0 bridgehead atoms. The molecule has 0 fully saturated rings. The van der Waals surface area contributed by atoms with Crippen LogP contribution in [0.4, 0.5) is 10.8 Å². The molecule has 0 radical (unpaired) electrons. The number of nitro groups is 1. The van der Waals surface area contributed by atoms with Gasteiger partial charge in [-0.3, -0.25) is 15.5 Å². The van der Waals surface area contributed by atoms with E-state index in [1.54, 1.807) is 19.9 Å². The molecule has 1 heterocycles. The lowest BCUT2D eigenvalue weighted by atomic mass is 10.2. The quantitative estimate of drug-likeness (QED) is 0.347. The van der Waals surface area contributed by atoms with Gasteiger partial charge in [-0.1, -0.05) is 11.3 Å². The molecule has 0 aliphatic rings. The Labute approximate surface area is 147 Å². The number of hydrogen-bond acceptors (Lipinski definition) is 9. The van der Waals surface area contributed by atoms with Crippen molar-refractivity contribution in [3.63, 3.8) is 0 Å². The first-order valence-corrected chi connectivity index (χ1v) is 8.04. The second-order valence-corrected chi connectivity index (χ2v) is 5.71. The van der Waals surface area contributed by atoms with Crippen LogP contribution in [0.5, 0.6) is 5.75 Å².